The van der Waals surface area contributed by atoms with Gasteiger partial charge in [0, 0.05) is 17.9 Å². The van der Waals surface area contributed by atoms with Gasteiger partial charge >= 0.3 is 0 Å². The number of ether oxygens (including phenoxy) is 1. The summed E-state index contributed by atoms with van der Waals surface area (Å²) in [6, 6.07) is 11.1. The molecule has 0 unspecified atom stereocenters. The second-order valence-corrected chi connectivity index (χ2v) is 6.11. The van der Waals surface area contributed by atoms with Crippen molar-refractivity contribution in [2.75, 3.05) is 12.4 Å². The molecule has 0 fully saturated rings. The van der Waals surface area contributed by atoms with Crippen molar-refractivity contribution in [3.05, 3.63) is 59.4 Å². The van der Waals surface area contributed by atoms with E-state index in [1.807, 2.05) is 0 Å². The second-order valence-electron chi connectivity index (χ2n) is 6.11. The Kier molecular flexibility index (Phi) is 6.28. The van der Waals surface area contributed by atoms with Crippen molar-refractivity contribution in [2.24, 2.45) is 5.92 Å². The van der Waals surface area contributed by atoms with Gasteiger partial charge in [0.2, 0.25) is 5.91 Å². The summed E-state index contributed by atoms with van der Waals surface area (Å²) in [7, 11) is 1.51. The van der Waals surface area contributed by atoms with Crippen LogP contribution in [0.25, 0.3) is 0 Å². The molecule has 0 spiro atoms. The zero-order chi connectivity index (χ0) is 18.4. The largest absolute Gasteiger partial charge is 0.495 e. The number of rotatable bonds is 7. The molecule has 0 heterocycles. The van der Waals surface area contributed by atoms with Gasteiger partial charge in [0.15, 0.2) is 5.78 Å². The highest BCUT2D eigenvalue weighted by molar-refractivity contribution is 5.99. The molecule has 0 aliphatic carbocycles. The third-order valence-electron chi connectivity index (χ3n) is 3.86. The molecule has 0 atom stereocenters. The van der Waals surface area contributed by atoms with Crippen LogP contribution in [0.5, 0.6) is 5.75 Å². The third-order valence-corrected chi connectivity index (χ3v) is 3.86. The highest BCUT2D eigenvalue weighted by Gasteiger charge is 2.14. The van der Waals surface area contributed by atoms with Gasteiger partial charge in [-0.05, 0) is 42.3 Å². The van der Waals surface area contributed by atoms with Crippen LogP contribution < -0.4 is 10.1 Å². The lowest BCUT2D eigenvalue weighted by molar-refractivity contribution is -0.118. The van der Waals surface area contributed by atoms with Crippen molar-refractivity contribution < 1.29 is 18.7 Å². The molecule has 0 aliphatic heterocycles. The molecule has 2 aromatic carbocycles. The number of methoxy groups -OCH3 is 1. The molecule has 0 aromatic heterocycles. The van der Waals surface area contributed by atoms with Gasteiger partial charge in [-0.2, -0.15) is 0 Å². The molecule has 4 nitrogen and oxygen atoms in total. The maximum atomic E-state index is 12.9. The summed E-state index contributed by atoms with van der Waals surface area (Å²) in [6.45, 7) is 3.58. The number of amides is 1. The van der Waals surface area contributed by atoms with Crippen molar-refractivity contribution in [3.8, 4) is 5.75 Å². The molecule has 2 rings (SSSR count). The highest BCUT2D eigenvalue weighted by Crippen LogP contribution is 2.27. The van der Waals surface area contributed by atoms with Crippen LogP contribution >= 0.6 is 0 Å². The lowest BCUT2D eigenvalue weighted by Crippen LogP contribution is -2.18. The molecule has 0 saturated heterocycles. The quantitative estimate of drug-likeness (QED) is 0.765. The van der Waals surface area contributed by atoms with Gasteiger partial charge in [0.25, 0.3) is 0 Å². The fourth-order valence-corrected chi connectivity index (χ4v) is 2.31. The Labute approximate surface area is 147 Å². The Bertz CT molecular complexity index is 754. The van der Waals surface area contributed by atoms with Crippen molar-refractivity contribution in [3.63, 3.8) is 0 Å². The molecule has 25 heavy (non-hydrogen) atoms. The minimum absolute atomic E-state index is 0.0491. The van der Waals surface area contributed by atoms with Crippen molar-refractivity contribution in [1.82, 2.24) is 0 Å². The van der Waals surface area contributed by atoms with Gasteiger partial charge < -0.3 is 10.1 Å². The monoisotopic (exact) mass is 343 g/mol. The van der Waals surface area contributed by atoms with Crippen LogP contribution in [0.4, 0.5) is 10.1 Å². The Morgan fingerprint density at radius 2 is 1.80 bits per heavy atom. The Balaban J connectivity index is 2.10. The van der Waals surface area contributed by atoms with E-state index in [1.165, 1.54) is 19.2 Å². The number of carbonyl (C=O) groups excluding carboxylic acids is 2. The maximum Gasteiger partial charge on any atom is 0.227 e. The first-order chi connectivity index (χ1) is 11.9. The summed E-state index contributed by atoms with van der Waals surface area (Å²) >= 11 is 0. The summed E-state index contributed by atoms with van der Waals surface area (Å²) in [4.78, 5) is 24.3. The third kappa shape index (κ3) is 5.14. The van der Waals surface area contributed by atoms with Crippen LogP contribution in [0, 0.1) is 11.7 Å². The average molecular weight is 343 g/mol. The standard InChI is InChI=1S/C20H22FNO3/c1-13(2)20(24)22-17-12-15(7-11-19(17)25-3)18(23)10-6-14-4-8-16(21)9-5-14/h4-5,7-9,11-13H,6,10H2,1-3H3,(H,22,24). The summed E-state index contributed by atoms with van der Waals surface area (Å²) in [5.74, 6) is -0.163. The summed E-state index contributed by atoms with van der Waals surface area (Å²) in [6.07, 6.45) is 0.828. The van der Waals surface area contributed by atoms with E-state index >= 15 is 0 Å². The van der Waals surface area contributed by atoms with Crippen LogP contribution in [0.1, 0.15) is 36.2 Å². The number of hydrogen-bond acceptors (Lipinski definition) is 3. The predicted molar refractivity (Wildman–Crippen MR) is 95.5 cm³/mol. The van der Waals surface area contributed by atoms with Crippen LogP contribution in [-0.4, -0.2) is 18.8 Å². The molecule has 5 heteroatoms. The van der Waals surface area contributed by atoms with E-state index in [9.17, 15) is 14.0 Å². The van der Waals surface area contributed by atoms with Gasteiger partial charge in [-0.1, -0.05) is 26.0 Å². The Morgan fingerprint density at radius 3 is 2.40 bits per heavy atom. The van der Waals surface area contributed by atoms with Crippen molar-refractivity contribution in [1.29, 1.82) is 0 Å². The first-order valence-electron chi connectivity index (χ1n) is 8.17. The SMILES string of the molecule is COc1ccc(C(=O)CCc2ccc(F)cc2)cc1NC(=O)C(C)C. The molecule has 0 aliphatic rings. The zero-order valence-electron chi connectivity index (χ0n) is 14.6. The maximum absolute atomic E-state index is 12.9. The topological polar surface area (TPSA) is 55.4 Å². The van der Waals surface area contributed by atoms with Crippen LogP contribution in [-0.2, 0) is 11.2 Å². The van der Waals surface area contributed by atoms with E-state index in [0.29, 0.717) is 29.8 Å². The zero-order valence-corrected chi connectivity index (χ0v) is 14.6. The molecular weight excluding hydrogens is 321 g/mol. The van der Waals surface area contributed by atoms with Crippen LogP contribution in [0.3, 0.4) is 0 Å². The van der Waals surface area contributed by atoms with E-state index in [-0.39, 0.29) is 23.4 Å². The fraction of sp³-hybridized carbons (Fsp3) is 0.300. The molecular formula is C20H22FNO3. The smallest absolute Gasteiger partial charge is 0.227 e. The molecule has 1 amide bonds. The first kappa shape index (κ1) is 18.6. The van der Waals surface area contributed by atoms with E-state index in [0.717, 1.165) is 5.56 Å². The molecule has 0 radical (unpaired) electrons. The van der Waals surface area contributed by atoms with Crippen LogP contribution in [0.2, 0.25) is 0 Å². The highest BCUT2D eigenvalue weighted by atomic mass is 19.1. The minimum Gasteiger partial charge on any atom is -0.495 e. The number of hydrogen-bond donors (Lipinski definition) is 1. The van der Waals surface area contributed by atoms with Crippen molar-refractivity contribution in [2.45, 2.75) is 26.7 Å². The van der Waals surface area contributed by atoms with E-state index < -0.39 is 0 Å². The molecule has 1 N–H and O–H groups in total. The number of Topliss-reactive ketones (excluding diaryl/α,β-unsaturated/α-hetero) is 1. The second kappa shape index (κ2) is 8.42. The van der Waals surface area contributed by atoms with E-state index in [1.54, 1.807) is 44.2 Å². The molecule has 132 valence electrons. The lowest BCUT2D eigenvalue weighted by Gasteiger charge is -2.13. The number of nitrogens with one attached hydrogen (secondary N) is 1. The lowest BCUT2D eigenvalue weighted by atomic mass is 10.0. The average Bonchev–Trinajstić information content (AvgIpc) is 2.60. The van der Waals surface area contributed by atoms with E-state index in [4.69, 9.17) is 4.74 Å². The summed E-state index contributed by atoms with van der Waals surface area (Å²) in [5.41, 5.74) is 1.88. The number of halogens is 1. The molecule has 0 bridgehead atoms. The normalized spacial score (nSPS) is 10.6. The molecule has 2 aromatic rings. The molecule has 0 saturated carbocycles. The van der Waals surface area contributed by atoms with Gasteiger partial charge in [-0.25, -0.2) is 4.39 Å². The number of ketones is 1. The summed E-state index contributed by atoms with van der Waals surface area (Å²) in [5, 5.41) is 2.78. The Hall–Kier alpha value is -2.69. The summed E-state index contributed by atoms with van der Waals surface area (Å²) < 4.78 is 18.2. The number of anilines is 1. The minimum atomic E-state index is -0.296. The van der Waals surface area contributed by atoms with Gasteiger partial charge in [0.1, 0.15) is 11.6 Å². The van der Waals surface area contributed by atoms with E-state index in [2.05, 4.69) is 5.32 Å². The number of carbonyl (C=O) groups is 2. The van der Waals surface area contributed by atoms with Crippen LogP contribution in [0.15, 0.2) is 42.5 Å². The van der Waals surface area contributed by atoms with Gasteiger partial charge in [-0.15, -0.1) is 0 Å². The number of benzene rings is 2. The van der Waals surface area contributed by atoms with Gasteiger partial charge in [0.05, 0.1) is 12.8 Å². The van der Waals surface area contributed by atoms with Crippen molar-refractivity contribution >= 4 is 17.4 Å². The predicted octanol–water partition coefficient (Wildman–Crippen LogP) is 4.24. The van der Waals surface area contributed by atoms with Gasteiger partial charge in [-0.3, -0.25) is 9.59 Å². The Morgan fingerprint density at radius 1 is 1.12 bits per heavy atom. The first-order valence-corrected chi connectivity index (χ1v) is 8.17. The fourth-order valence-electron chi connectivity index (χ4n) is 2.31. The number of aryl methyl sites for hydroxylation is 1.